The largest absolute Gasteiger partial charge is 0.405 e. The highest BCUT2D eigenvalue weighted by Gasteiger charge is 2.27. The van der Waals surface area contributed by atoms with Gasteiger partial charge in [-0.15, -0.1) is 0 Å². The molecule has 0 aromatic carbocycles. The maximum Gasteiger partial charge on any atom is 0.405 e. The summed E-state index contributed by atoms with van der Waals surface area (Å²) in [5.41, 5.74) is 5.88. The number of nitrogens with one attached hydrogen (secondary N) is 2. The lowest BCUT2D eigenvalue weighted by atomic mass is 10.6. The van der Waals surface area contributed by atoms with Crippen LogP contribution in [0, 0.1) is 0 Å². The van der Waals surface area contributed by atoms with Crippen LogP contribution in [0.25, 0.3) is 0 Å². The Kier molecular flexibility index (Phi) is 4.18. The molecule has 1 aromatic heterocycles. The van der Waals surface area contributed by atoms with Crippen LogP contribution in [0.15, 0.2) is 12.4 Å². The van der Waals surface area contributed by atoms with Gasteiger partial charge >= 0.3 is 12.2 Å². The summed E-state index contributed by atoms with van der Waals surface area (Å²) < 4.78 is 36.7. The van der Waals surface area contributed by atoms with Crippen LogP contribution in [0.2, 0.25) is 0 Å². The molecule has 0 saturated heterocycles. The highest BCUT2D eigenvalue weighted by molar-refractivity contribution is 5.73. The summed E-state index contributed by atoms with van der Waals surface area (Å²) in [5.74, 6) is 0. The van der Waals surface area contributed by atoms with Crippen molar-refractivity contribution < 1.29 is 18.0 Å². The van der Waals surface area contributed by atoms with Gasteiger partial charge in [0.05, 0.1) is 18.4 Å². The molecule has 0 fully saturated rings. The monoisotopic (exact) mass is 251 g/mol. The first kappa shape index (κ1) is 13.1. The van der Waals surface area contributed by atoms with Gasteiger partial charge in [-0.25, -0.2) is 4.79 Å². The number of halogens is 3. The van der Waals surface area contributed by atoms with Gasteiger partial charge in [-0.05, 0) is 0 Å². The van der Waals surface area contributed by atoms with Crippen molar-refractivity contribution in [1.29, 1.82) is 0 Å². The van der Waals surface area contributed by atoms with Crippen LogP contribution < -0.4 is 16.4 Å². The Hall–Kier alpha value is -1.93. The molecule has 1 aromatic rings. The first-order chi connectivity index (χ1) is 7.87. The number of carbonyl (C=O) groups excluding carboxylic acids is 1. The first-order valence-corrected chi connectivity index (χ1v) is 4.73. The quantitative estimate of drug-likeness (QED) is 0.720. The number of amides is 2. The highest BCUT2D eigenvalue weighted by atomic mass is 19.4. The van der Waals surface area contributed by atoms with Gasteiger partial charge in [0.25, 0.3) is 0 Å². The smallest absolute Gasteiger partial charge is 0.396 e. The molecule has 0 spiro atoms. The fourth-order valence-corrected chi connectivity index (χ4v) is 1.03. The fourth-order valence-electron chi connectivity index (χ4n) is 1.03. The van der Waals surface area contributed by atoms with Gasteiger partial charge in [0.15, 0.2) is 0 Å². The van der Waals surface area contributed by atoms with Crippen molar-refractivity contribution in [2.24, 2.45) is 0 Å². The number of hydrogen-bond donors (Lipinski definition) is 3. The zero-order valence-corrected chi connectivity index (χ0v) is 8.79. The van der Waals surface area contributed by atoms with Crippen molar-refractivity contribution >= 4 is 11.7 Å². The summed E-state index contributed by atoms with van der Waals surface area (Å²) in [5, 5.41) is 7.78. The molecule has 6 nitrogen and oxygen atoms in total. The SMILES string of the molecule is Nc1cnn(CCNC(=O)NCC(F)(F)F)c1. The maximum absolute atomic E-state index is 11.7. The third-order valence-corrected chi connectivity index (χ3v) is 1.73. The highest BCUT2D eigenvalue weighted by Crippen LogP contribution is 2.11. The molecule has 0 bridgehead atoms. The number of anilines is 1. The standard InChI is InChI=1S/C8H12F3N5O/c9-8(10,11)5-14-7(17)13-1-2-16-4-6(12)3-15-16/h3-4H,1-2,5,12H2,(H2,13,14,17). The summed E-state index contributed by atoms with van der Waals surface area (Å²) in [6.45, 7) is -0.866. The number of nitrogens with two attached hydrogens (primary N) is 1. The average Bonchev–Trinajstić information content (AvgIpc) is 2.60. The molecule has 4 N–H and O–H groups in total. The second kappa shape index (κ2) is 5.41. The number of carbonyl (C=O) groups is 1. The van der Waals surface area contributed by atoms with Crippen molar-refractivity contribution in [1.82, 2.24) is 20.4 Å². The van der Waals surface area contributed by atoms with E-state index in [4.69, 9.17) is 5.73 Å². The summed E-state index contributed by atoms with van der Waals surface area (Å²) in [4.78, 5) is 10.9. The number of urea groups is 1. The average molecular weight is 251 g/mol. The van der Waals surface area contributed by atoms with Crippen LogP contribution in [0.1, 0.15) is 0 Å². The van der Waals surface area contributed by atoms with Gasteiger partial charge in [0.1, 0.15) is 6.54 Å². The normalized spacial score (nSPS) is 11.2. The summed E-state index contributed by atoms with van der Waals surface area (Å²) in [7, 11) is 0. The van der Waals surface area contributed by atoms with E-state index in [-0.39, 0.29) is 6.54 Å². The molecular formula is C8H12F3N5O. The number of alkyl halides is 3. The Bertz CT molecular complexity index is 375. The van der Waals surface area contributed by atoms with E-state index in [0.29, 0.717) is 12.2 Å². The molecule has 0 unspecified atom stereocenters. The van der Waals surface area contributed by atoms with Crippen molar-refractivity contribution in [2.45, 2.75) is 12.7 Å². The second-order valence-corrected chi connectivity index (χ2v) is 3.26. The molecule has 9 heteroatoms. The zero-order chi connectivity index (χ0) is 12.9. The van der Waals surface area contributed by atoms with Gasteiger partial charge in [-0.3, -0.25) is 4.68 Å². The Morgan fingerprint density at radius 3 is 2.71 bits per heavy atom. The molecule has 0 saturated carbocycles. The van der Waals surface area contributed by atoms with E-state index >= 15 is 0 Å². The van der Waals surface area contributed by atoms with E-state index in [1.54, 1.807) is 11.5 Å². The number of nitrogens with zero attached hydrogens (tertiary/aromatic N) is 2. The van der Waals surface area contributed by atoms with Crippen LogP contribution in [0.4, 0.5) is 23.7 Å². The lowest BCUT2D eigenvalue weighted by Crippen LogP contribution is -2.41. The molecule has 0 aliphatic carbocycles. The van der Waals surface area contributed by atoms with E-state index < -0.39 is 18.8 Å². The molecule has 0 aliphatic rings. The van der Waals surface area contributed by atoms with Gasteiger partial charge in [-0.2, -0.15) is 18.3 Å². The Labute approximate surface area is 95.0 Å². The maximum atomic E-state index is 11.7. The van der Waals surface area contributed by atoms with Gasteiger partial charge in [-0.1, -0.05) is 0 Å². The summed E-state index contributed by atoms with van der Waals surface area (Å²) >= 11 is 0. The molecule has 1 rings (SSSR count). The number of hydrogen-bond acceptors (Lipinski definition) is 3. The van der Waals surface area contributed by atoms with E-state index in [9.17, 15) is 18.0 Å². The van der Waals surface area contributed by atoms with Crippen molar-refractivity contribution in [3.8, 4) is 0 Å². The van der Waals surface area contributed by atoms with Crippen molar-refractivity contribution in [2.75, 3.05) is 18.8 Å². The topological polar surface area (TPSA) is 85.0 Å². The number of rotatable bonds is 4. The molecular weight excluding hydrogens is 239 g/mol. The van der Waals surface area contributed by atoms with Crippen LogP contribution >= 0.6 is 0 Å². The zero-order valence-electron chi connectivity index (χ0n) is 8.79. The van der Waals surface area contributed by atoms with E-state index in [2.05, 4.69) is 10.4 Å². The lowest BCUT2D eigenvalue weighted by molar-refractivity contribution is -0.122. The molecule has 0 aliphatic heterocycles. The van der Waals surface area contributed by atoms with Crippen LogP contribution in [-0.2, 0) is 6.54 Å². The van der Waals surface area contributed by atoms with Crippen molar-refractivity contribution in [3.63, 3.8) is 0 Å². The van der Waals surface area contributed by atoms with Crippen LogP contribution in [0.5, 0.6) is 0 Å². The van der Waals surface area contributed by atoms with Crippen LogP contribution in [0.3, 0.4) is 0 Å². The third kappa shape index (κ3) is 5.64. The Morgan fingerprint density at radius 1 is 1.47 bits per heavy atom. The van der Waals surface area contributed by atoms with Gasteiger partial charge in [0.2, 0.25) is 0 Å². The summed E-state index contributed by atoms with van der Waals surface area (Å²) in [6, 6.07) is -0.873. The fraction of sp³-hybridized carbons (Fsp3) is 0.500. The molecule has 1 heterocycles. The molecule has 96 valence electrons. The van der Waals surface area contributed by atoms with Gasteiger partial charge in [0, 0.05) is 12.7 Å². The molecule has 0 radical (unpaired) electrons. The lowest BCUT2D eigenvalue weighted by Gasteiger charge is -2.09. The second-order valence-electron chi connectivity index (χ2n) is 3.26. The predicted molar refractivity (Wildman–Crippen MR) is 54.1 cm³/mol. The number of aromatic nitrogens is 2. The summed E-state index contributed by atoms with van der Waals surface area (Å²) in [6.07, 6.45) is -1.42. The molecule has 17 heavy (non-hydrogen) atoms. The molecule has 0 atom stereocenters. The van der Waals surface area contributed by atoms with Crippen LogP contribution in [-0.4, -0.2) is 35.1 Å². The van der Waals surface area contributed by atoms with Crippen molar-refractivity contribution in [3.05, 3.63) is 12.4 Å². The minimum Gasteiger partial charge on any atom is -0.396 e. The minimum absolute atomic E-state index is 0.158. The predicted octanol–water partition coefficient (Wildman–Crippen LogP) is 0.327. The van der Waals surface area contributed by atoms with E-state index in [1.807, 2.05) is 0 Å². The Morgan fingerprint density at radius 2 is 2.18 bits per heavy atom. The first-order valence-electron chi connectivity index (χ1n) is 4.73. The Balaban J connectivity index is 2.16. The number of nitrogen functional groups attached to an aromatic ring is 1. The third-order valence-electron chi connectivity index (χ3n) is 1.73. The van der Waals surface area contributed by atoms with E-state index in [0.717, 1.165) is 0 Å². The molecule has 2 amide bonds. The minimum atomic E-state index is -4.41. The van der Waals surface area contributed by atoms with E-state index in [1.165, 1.54) is 10.9 Å². The van der Waals surface area contributed by atoms with Gasteiger partial charge < -0.3 is 16.4 Å².